The van der Waals surface area contributed by atoms with Gasteiger partial charge in [0.25, 0.3) is 0 Å². The molecule has 1 aliphatic rings. The van der Waals surface area contributed by atoms with Crippen LogP contribution in [0.5, 0.6) is 0 Å². The number of benzene rings is 1. The van der Waals surface area contributed by atoms with E-state index in [1.165, 1.54) is 42.7 Å². The molecule has 168 valence electrons. The van der Waals surface area contributed by atoms with Crippen molar-refractivity contribution in [1.29, 1.82) is 0 Å². The number of hydrogen-bond donors (Lipinski definition) is 3. The van der Waals surface area contributed by atoms with Crippen LogP contribution < -0.4 is 15.8 Å². The highest BCUT2D eigenvalue weighted by Gasteiger charge is 2.21. The number of aliphatic imine (C=N–C) groups is 1. The van der Waals surface area contributed by atoms with Gasteiger partial charge < -0.3 is 15.5 Å². The average Bonchev–Trinajstić information content (AvgIpc) is 2.71. The van der Waals surface area contributed by atoms with Gasteiger partial charge in [-0.25, -0.2) is 18.5 Å². The minimum Gasteiger partial charge on any atom is -0.354 e. The molecule has 1 aliphatic carbocycles. The number of rotatable bonds is 8. The molecule has 1 saturated carbocycles. The van der Waals surface area contributed by atoms with Crippen LogP contribution in [0.1, 0.15) is 51.0 Å². The Balaban J connectivity index is 2.02. The van der Waals surface area contributed by atoms with Crippen LogP contribution in [0, 0.1) is 5.92 Å². The van der Waals surface area contributed by atoms with Gasteiger partial charge in [-0.2, -0.15) is 0 Å². The first-order valence-electron chi connectivity index (χ1n) is 10.6. The Morgan fingerprint density at radius 3 is 2.33 bits per heavy atom. The van der Waals surface area contributed by atoms with Crippen LogP contribution in [-0.4, -0.2) is 51.9 Å². The lowest BCUT2D eigenvalue weighted by Crippen LogP contribution is -2.47. The number of carbonyl (C=O) groups excluding carboxylic acids is 1. The lowest BCUT2D eigenvalue weighted by Gasteiger charge is -2.30. The van der Waals surface area contributed by atoms with Crippen molar-refractivity contribution in [1.82, 2.24) is 15.5 Å². The highest BCUT2D eigenvalue weighted by Crippen LogP contribution is 2.27. The van der Waals surface area contributed by atoms with Crippen LogP contribution in [0.3, 0.4) is 0 Å². The first-order valence-corrected chi connectivity index (χ1v) is 12.1. The van der Waals surface area contributed by atoms with Gasteiger partial charge in [0.15, 0.2) is 5.96 Å². The van der Waals surface area contributed by atoms with Crippen molar-refractivity contribution in [2.75, 3.05) is 20.6 Å². The number of likely N-dealkylation sites (N-methyl/N-ethyl adjacent to an activating group) is 1. The van der Waals surface area contributed by atoms with E-state index in [-0.39, 0.29) is 17.3 Å². The third-order valence-electron chi connectivity index (χ3n) is 5.46. The van der Waals surface area contributed by atoms with Gasteiger partial charge in [-0.3, -0.25) is 4.79 Å². The number of nitrogens with two attached hydrogens (primary N) is 1. The molecule has 0 aliphatic heterocycles. The van der Waals surface area contributed by atoms with Crippen molar-refractivity contribution in [3.8, 4) is 0 Å². The molecular formula is C21H35N5O3S. The van der Waals surface area contributed by atoms with E-state index in [0.29, 0.717) is 18.5 Å². The summed E-state index contributed by atoms with van der Waals surface area (Å²) in [6.45, 7) is 2.76. The molecule has 2 rings (SSSR count). The highest BCUT2D eigenvalue weighted by atomic mass is 32.2. The van der Waals surface area contributed by atoms with Gasteiger partial charge in [0.2, 0.25) is 15.9 Å². The van der Waals surface area contributed by atoms with Crippen LogP contribution in [-0.2, 0) is 21.4 Å². The lowest BCUT2D eigenvalue weighted by atomic mass is 9.83. The normalized spacial score (nSPS) is 19.9. The maximum Gasteiger partial charge on any atom is 0.241 e. The number of amides is 1. The third-order valence-corrected chi connectivity index (χ3v) is 6.39. The fourth-order valence-corrected chi connectivity index (χ4v) is 4.14. The Hall–Kier alpha value is -2.13. The van der Waals surface area contributed by atoms with Crippen molar-refractivity contribution < 1.29 is 13.2 Å². The molecule has 0 atom stereocenters. The van der Waals surface area contributed by atoms with Gasteiger partial charge in [0.05, 0.1) is 18.0 Å². The van der Waals surface area contributed by atoms with E-state index in [1.807, 2.05) is 0 Å². The molecule has 0 radical (unpaired) electrons. The number of sulfonamides is 1. The summed E-state index contributed by atoms with van der Waals surface area (Å²) in [6.07, 6.45) is 7.13. The summed E-state index contributed by atoms with van der Waals surface area (Å²) in [7, 11) is -0.271. The minimum atomic E-state index is -3.71. The Morgan fingerprint density at radius 1 is 1.17 bits per heavy atom. The van der Waals surface area contributed by atoms with E-state index >= 15 is 0 Å². The van der Waals surface area contributed by atoms with Crippen LogP contribution >= 0.6 is 0 Å². The van der Waals surface area contributed by atoms with Crippen molar-refractivity contribution in [2.45, 2.75) is 62.9 Å². The molecule has 9 heteroatoms. The second kappa shape index (κ2) is 11.3. The molecular weight excluding hydrogens is 402 g/mol. The minimum absolute atomic E-state index is 0.0336. The molecule has 8 nitrogen and oxygen atoms in total. The zero-order valence-electron chi connectivity index (χ0n) is 18.2. The van der Waals surface area contributed by atoms with E-state index in [2.05, 4.69) is 22.5 Å². The Labute approximate surface area is 180 Å². The third kappa shape index (κ3) is 7.95. The summed E-state index contributed by atoms with van der Waals surface area (Å²) in [5.41, 5.74) is 0.856. The van der Waals surface area contributed by atoms with E-state index in [4.69, 9.17) is 5.14 Å². The van der Waals surface area contributed by atoms with Crippen LogP contribution in [0.25, 0.3) is 0 Å². The predicted octanol–water partition coefficient (Wildman–Crippen LogP) is 1.82. The largest absolute Gasteiger partial charge is 0.354 e. The summed E-state index contributed by atoms with van der Waals surface area (Å²) >= 11 is 0. The Bertz CT molecular complexity index is 814. The fourth-order valence-electron chi connectivity index (χ4n) is 3.62. The number of carbonyl (C=O) groups is 1. The highest BCUT2D eigenvalue weighted by molar-refractivity contribution is 7.89. The molecule has 0 heterocycles. The van der Waals surface area contributed by atoms with Gasteiger partial charge in [-0.1, -0.05) is 31.9 Å². The summed E-state index contributed by atoms with van der Waals surface area (Å²) in [5, 5.41) is 11.7. The molecule has 1 aromatic rings. The molecule has 30 heavy (non-hydrogen) atoms. The topological polar surface area (TPSA) is 117 Å². The molecule has 0 bridgehead atoms. The number of primary sulfonamides is 1. The van der Waals surface area contributed by atoms with Crippen molar-refractivity contribution in [3.63, 3.8) is 0 Å². The SMILES string of the molecule is CCCC1CCC(NC(=NCc2ccc(S(N)(=O)=O)cc2)NCC(=O)N(C)C)CC1. The molecule has 4 N–H and O–H groups in total. The summed E-state index contributed by atoms with van der Waals surface area (Å²) in [4.78, 5) is 18.2. The molecule has 0 unspecified atom stereocenters. The molecule has 0 aromatic heterocycles. The second-order valence-electron chi connectivity index (χ2n) is 8.15. The monoisotopic (exact) mass is 437 g/mol. The zero-order valence-corrected chi connectivity index (χ0v) is 19.0. The van der Waals surface area contributed by atoms with Gasteiger partial charge in [-0.15, -0.1) is 0 Å². The van der Waals surface area contributed by atoms with Crippen molar-refractivity contribution in [3.05, 3.63) is 29.8 Å². The molecule has 1 fully saturated rings. The van der Waals surface area contributed by atoms with Gasteiger partial charge >= 0.3 is 0 Å². The van der Waals surface area contributed by atoms with E-state index in [9.17, 15) is 13.2 Å². The van der Waals surface area contributed by atoms with Gasteiger partial charge in [-0.05, 0) is 49.3 Å². The summed E-state index contributed by atoms with van der Waals surface area (Å²) in [6, 6.07) is 6.68. The molecule has 1 amide bonds. The van der Waals surface area contributed by atoms with Crippen molar-refractivity contribution in [2.24, 2.45) is 16.0 Å². The van der Waals surface area contributed by atoms with E-state index < -0.39 is 10.0 Å². The fraction of sp³-hybridized carbons (Fsp3) is 0.619. The van der Waals surface area contributed by atoms with E-state index in [0.717, 1.165) is 24.3 Å². The quantitative estimate of drug-likeness (QED) is 0.424. The Morgan fingerprint density at radius 2 is 1.80 bits per heavy atom. The summed E-state index contributed by atoms with van der Waals surface area (Å²) in [5.74, 6) is 1.38. The van der Waals surface area contributed by atoms with Crippen LogP contribution in [0.15, 0.2) is 34.2 Å². The average molecular weight is 438 g/mol. The number of guanidine groups is 1. The van der Waals surface area contributed by atoms with E-state index in [1.54, 1.807) is 26.2 Å². The summed E-state index contributed by atoms with van der Waals surface area (Å²) < 4.78 is 22.8. The Kier molecular flexibility index (Phi) is 9.10. The zero-order chi connectivity index (χ0) is 22.1. The number of hydrogen-bond acceptors (Lipinski definition) is 4. The predicted molar refractivity (Wildman–Crippen MR) is 119 cm³/mol. The molecule has 1 aromatic carbocycles. The number of nitrogens with zero attached hydrogens (tertiary/aromatic N) is 2. The van der Waals surface area contributed by atoms with Crippen LogP contribution in [0.4, 0.5) is 0 Å². The molecule has 0 saturated heterocycles. The standard InChI is InChI=1S/C21H35N5O3S/c1-4-5-16-6-10-18(11-7-16)25-21(24-15-20(27)26(2)3)23-14-17-8-12-19(13-9-17)30(22,28)29/h8-9,12-13,16,18H,4-7,10-11,14-15H2,1-3H3,(H2,22,28,29)(H2,23,24,25). The number of nitrogens with one attached hydrogen (secondary N) is 2. The maximum atomic E-state index is 12.0. The van der Waals surface area contributed by atoms with Crippen molar-refractivity contribution >= 4 is 21.9 Å². The maximum absolute atomic E-state index is 12.0. The van der Waals surface area contributed by atoms with Gasteiger partial charge in [0, 0.05) is 20.1 Å². The smallest absolute Gasteiger partial charge is 0.241 e. The first kappa shape index (κ1) is 24.1. The van der Waals surface area contributed by atoms with Crippen LogP contribution in [0.2, 0.25) is 0 Å². The molecule has 0 spiro atoms. The first-order chi connectivity index (χ1) is 14.2. The second-order valence-corrected chi connectivity index (χ2v) is 9.71. The lowest BCUT2D eigenvalue weighted by molar-refractivity contribution is -0.127. The van der Waals surface area contributed by atoms with Gasteiger partial charge in [0.1, 0.15) is 0 Å².